The molecular formula is C65H67ClN18O5S4. The van der Waals surface area contributed by atoms with Crippen LogP contribution in [0.4, 0.5) is 28.8 Å². The van der Waals surface area contributed by atoms with Gasteiger partial charge >= 0.3 is 0 Å². The topological polar surface area (TPSA) is 343 Å². The zero-order chi connectivity index (χ0) is 64.7. The molecule has 23 nitrogen and oxygen atoms in total. The summed E-state index contributed by atoms with van der Waals surface area (Å²) < 4.78 is 48.4. The van der Waals surface area contributed by atoms with E-state index in [2.05, 4.69) is 67.0 Å². The van der Waals surface area contributed by atoms with Gasteiger partial charge in [0.2, 0.25) is 0 Å². The molecule has 0 bridgehead atoms. The lowest BCUT2D eigenvalue weighted by Gasteiger charge is -2.24. The Hall–Kier alpha value is -9.29. The predicted molar refractivity (Wildman–Crippen MR) is 371 cm³/mol. The van der Waals surface area contributed by atoms with Gasteiger partial charge in [-0.25, -0.2) is 24.3 Å². The van der Waals surface area contributed by atoms with E-state index in [0.717, 1.165) is 142 Å². The summed E-state index contributed by atoms with van der Waals surface area (Å²) in [5, 5.41) is 23.5. The summed E-state index contributed by atoms with van der Waals surface area (Å²) in [6.07, 6.45) is 17.3. The molecule has 0 aliphatic carbocycles. The fraction of sp³-hybridized carbons (Fsp3) is 0.215. The van der Waals surface area contributed by atoms with Gasteiger partial charge in [-0.3, -0.25) is 24.6 Å². The molecule has 15 rings (SSSR count). The molecule has 1 aromatic carbocycles. The Morgan fingerprint density at radius 3 is 1.49 bits per heavy atom. The molecule has 12 N–H and O–H groups in total. The van der Waals surface area contributed by atoms with Crippen LogP contribution in [-0.2, 0) is 39.2 Å². The number of H-pyrrole nitrogens is 1. The minimum Gasteiger partial charge on any atom is -0.384 e. The van der Waals surface area contributed by atoms with E-state index in [1.165, 1.54) is 18.6 Å². The Kier molecular flexibility index (Phi) is 21.7. The molecule has 93 heavy (non-hydrogen) atoms. The number of rotatable bonds is 13. The highest BCUT2D eigenvalue weighted by Crippen LogP contribution is 2.42. The summed E-state index contributed by atoms with van der Waals surface area (Å²) in [6, 6.07) is 41.0. The molecule has 2 fully saturated rings. The summed E-state index contributed by atoms with van der Waals surface area (Å²) in [7, 11) is -4.02. The van der Waals surface area contributed by atoms with Crippen molar-refractivity contribution >= 4 is 115 Å². The minimum absolute atomic E-state index is 0.00117. The molecule has 0 saturated carbocycles. The van der Waals surface area contributed by atoms with Gasteiger partial charge in [0.05, 0.1) is 114 Å². The summed E-state index contributed by atoms with van der Waals surface area (Å²) in [6.45, 7) is 5.21. The standard InChI is InChI=1S/C21H22N6OS.C16H14N6S.C15H15ClN4OS.C7H8O3S.C6H8N2/c22-19-12-15(24-13-14-5-1-3-8-23-14)21-16(26-19)11-18(29-21)17-7-9-25-27(17)20-6-2-4-10-28-20;17-15-8-12(19-9-10-3-1-2-5-18-10)16-13(21-15)7-14(23-16)11-4-6-20-22-11;16-9-7-13(17)19-10-8-12(22-15(9)10)11-4-5-18-20(11)14-3-1-2-6-21-14;1-6-2-4-7(5-3-6)11(8,9)10;7-5-6-3-1-2-4-8-6/h1,3,5,7-9,11-12,20H,2,4,6,10,13H2,(H3,22,24,26);1-8H,9H2,(H,20,22)(H3,17,19,21);4-5,7-8,14H,1-3,6H2,(H2,17,19);2-5H,1H3,(H,8,9,10);1-4H,5,7H2. The lowest BCUT2D eigenvalue weighted by atomic mass is 10.2. The van der Waals surface area contributed by atoms with Crippen LogP contribution in [-0.4, -0.2) is 85.8 Å². The van der Waals surface area contributed by atoms with Crippen molar-refractivity contribution in [1.29, 1.82) is 0 Å². The second kappa shape index (κ2) is 30.9. The fourth-order valence-corrected chi connectivity index (χ4v) is 14.0. The highest BCUT2D eigenvalue weighted by molar-refractivity contribution is 7.85. The number of anilines is 5. The zero-order valence-electron chi connectivity index (χ0n) is 50.4. The zero-order valence-corrected chi connectivity index (χ0v) is 54.4. The van der Waals surface area contributed by atoms with E-state index in [9.17, 15) is 8.42 Å². The van der Waals surface area contributed by atoms with E-state index in [4.69, 9.17) is 48.6 Å². The minimum atomic E-state index is -4.02. The maximum Gasteiger partial charge on any atom is 0.294 e. The van der Waals surface area contributed by atoms with Gasteiger partial charge in [0.15, 0.2) is 12.5 Å². The Bertz CT molecular complexity index is 4640. The first-order valence-corrected chi connectivity index (χ1v) is 34.0. The van der Waals surface area contributed by atoms with E-state index >= 15 is 0 Å². The van der Waals surface area contributed by atoms with Crippen LogP contribution in [0.3, 0.4) is 0 Å². The number of aromatic nitrogens is 12. The number of nitrogens with one attached hydrogen (secondary N) is 3. The van der Waals surface area contributed by atoms with E-state index in [0.29, 0.717) is 42.1 Å². The van der Waals surface area contributed by atoms with Gasteiger partial charge < -0.3 is 43.0 Å². The summed E-state index contributed by atoms with van der Waals surface area (Å²) in [5.74, 6) is 1.43. The van der Waals surface area contributed by atoms with E-state index < -0.39 is 10.1 Å². The third-order valence-corrected chi connectivity index (χ3v) is 19.4. The molecule has 2 saturated heterocycles. The Balaban J connectivity index is 0.000000126. The number of fused-ring (bicyclic) bond motifs is 3. The quantitative estimate of drug-likeness (QED) is 0.0497. The molecule has 2 aliphatic rings. The van der Waals surface area contributed by atoms with Crippen LogP contribution < -0.4 is 33.6 Å². The molecule has 12 aromatic heterocycles. The van der Waals surface area contributed by atoms with Crippen molar-refractivity contribution < 1.29 is 22.4 Å². The van der Waals surface area contributed by atoms with E-state index in [1.807, 2.05) is 120 Å². The second-order valence-electron chi connectivity index (χ2n) is 21.3. The maximum atomic E-state index is 10.5. The molecule has 2 atom stereocenters. The molecule has 478 valence electrons. The van der Waals surface area contributed by atoms with Crippen molar-refractivity contribution in [3.63, 3.8) is 0 Å². The largest absolute Gasteiger partial charge is 0.384 e. The number of thiophene rings is 3. The van der Waals surface area contributed by atoms with Crippen molar-refractivity contribution in [2.45, 2.75) is 82.4 Å². The number of nitrogens with zero attached hydrogens (tertiary/aromatic N) is 11. The Labute approximate surface area is 553 Å². The fourth-order valence-electron chi connectivity index (χ4n) is 10.0. The van der Waals surface area contributed by atoms with Crippen molar-refractivity contribution in [2.75, 3.05) is 41.0 Å². The number of nitrogen functional groups attached to an aromatic ring is 3. The molecule has 28 heteroatoms. The van der Waals surface area contributed by atoms with E-state index in [1.54, 1.807) is 83.2 Å². The average Bonchev–Trinajstić information content (AvgIpc) is 1.70. The van der Waals surface area contributed by atoms with Gasteiger partial charge in [-0.1, -0.05) is 47.5 Å². The van der Waals surface area contributed by atoms with Gasteiger partial charge in [0, 0.05) is 75.1 Å². The lowest BCUT2D eigenvalue weighted by Crippen LogP contribution is -2.19. The van der Waals surface area contributed by atoms with Gasteiger partial charge in [-0.15, -0.1) is 34.0 Å². The SMILES string of the molecule is Cc1ccc(S(=O)(=O)O)cc1.NCc1ccccn1.Nc1cc(Cl)c2sc(-c3ccnn3C3CCCCO3)cc2n1.Nc1cc(NCc2ccccn2)c2sc(-c3ccn[nH]3)cc2n1.Nc1cc(NCc2ccccn2)c2sc(-c3ccnn3C3CCCCO3)cc2n1. The average molecular weight is 1340 g/mol. The van der Waals surface area contributed by atoms with Crippen LogP contribution in [0.2, 0.25) is 5.02 Å². The van der Waals surface area contributed by atoms with Gasteiger partial charge in [-0.05, 0) is 130 Å². The lowest BCUT2D eigenvalue weighted by molar-refractivity contribution is -0.0384. The first kappa shape index (κ1) is 65.2. The number of nitrogens with two attached hydrogens (primary N) is 4. The predicted octanol–water partition coefficient (Wildman–Crippen LogP) is 13.6. The number of aromatic amines is 1. The monoisotopic (exact) mass is 1340 g/mol. The highest BCUT2D eigenvalue weighted by Gasteiger charge is 2.24. The Morgan fingerprint density at radius 2 is 1.05 bits per heavy atom. The molecule has 0 amide bonds. The molecule has 2 unspecified atom stereocenters. The van der Waals surface area contributed by atoms with Crippen LogP contribution >= 0.6 is 45.6 Å². The molecular weight excluding hydrogens is 1280 g/mol. The molecule has 2 aliphatic heterocycles. The molecule has 0 spiro atoms. The number of benzene rings is 1. The molecule has 13 aromatic rings. The van der Waals surface area contributed by atoms with Crippen LogP contribution in [0.15, 0.2) is 176 Å². The second-order valence-corrected chi connectivity index (χ2v) is 26.3. The summed E-state index contributed by atoms with van der Waals surface area (Å²) in [5.41, 5.74) is 34.5. The molecule has 0 radical (unpaired) electrons. The van der Waals surface area contributed by atoms with Gasteiger partial charge in [-0.2, -0.15) is 23.7 Å². The van der Waals surface area contributed by atoms with E-state index in [-0.39, 0.29) is 17.4 Å². The van der Waals surface area contributed by atoms with Crippen LogP contribution in [0, 0.1) is 6.92 Å². The Morgan fingerprint density at radius 1 is 0.581 bits per heavy atom. The smallest absolute Gasteiger partial charge is 0.294 e. The van der Waals surface area contributed by atoms with Crippen LogP contribution in [0.25, 0.3) is 62.4 Å². The first-order chi connectivity index (χ1) is 45.2. The number of halogens is 1. The third kappa shape index (κ3) is 17.1. The normalized spacial score (nSPS) is 14.6. The van der Waals surface area contributed by atoms with Crippen molar-refractivity contribution in [3.05, 3.63) is 198 Å². The van der Waals surface area contributed by atoms with Gasteiger partial charge in [0.25, 0.3) is 10.1 Å². The van der Waals surface area contributed by atoms with Crippen LogP contribution in [0.5, 0.6) is 0 Å². The summed E-state index contributed by atoms with van der Waals surface area (Å²) in [4.78, 5) is 29.2. The number of hydrogen-bond acceptors (Lipinski definition) is 22. The van der Waals surface area contributed by atoms with Crippen molar-refractivity contribution in [2.24, 2.45) is 5.73 Å². The van der Waals surface area contributed by atoms with Crippen molar-refractivity contribution in [1.82, 2.24) is 59.7 Å². The van der Waals surface area contributed by atoms with Crippen molar-refractivity contribution in [3.8, 4) is 31.7 Å². The number of pyridine rings is 6. The van der Waals surface area contributed by atoms with Gasteiger partial charge in [0.1, 0.15) is 17.5 Å². The third-order valence-electron chi connectivity index (χ3n) is 14.5. The first-order valence-electron chi connectivity index (χ1n) is 29.7. The molecule has 14 heterocycles. The van der Waals surface area contributed by atoms with Crippen LogP contribution in [0.1, 0.15) is 73.6 Å². The summed E-state index contributed by atoms with van der Waals surface area (Å²) >= 11 is 11.2. The number of hydrogen-bond donors (Lipinski definition) is 8. The number of ether oxygens (including phenoxy) is 2. The maximum absolute atomic E-state index is 10.5. The highest BCUT2D eigenvalue weighted by atomic mass is 35.5. The number of aryl methyl sites for hydroxylation is 1.